The van der Waals surface area contributed by atoms with Crippen molar-refractivity contribution in [2.45, 2.75) is 32.5 Å². The van der Waals surface area contributed by atoms with Crippen molar-refractivity contribution in [1.29, 1.82) is 0 Å². The van der Waals surface area contributed by atoms with Crippen LogP contribution in [0.3, 0.4) is 0 Å². The lowest BCUT2D eigenvalue weighted by Crippen LogP contribution is -2.51. The standard InChI is InChI=1S/C16H18N2O4/c1-10-18(16(2,3)9-22-10)13(19)8-17-14(20)11-6-4-5-7-12(11)15(17)21/h4-7,10H,8-9H2,1-3H3. The van der Waals surface area contributed by atoms with E-state index in [9.17, 15) is 14.4 Å². The Bertz CT molecular complexity index is 633. The van der Waals surface area contributed by atoms with Crippen molar-refractivity contribution in [2.75, 3.05) is 13.2 Å². The second-order valence-corrected chi connectivity index (χ2v) is 6.23. The zero-order valence-corrected chi connectivity index (χ0v) is 12.8. The van der Waals surface area contributed by atoms with Crippen LogP contribution in [-0.4, -0.2) is 52.4 Å². The summed E-state index contributed by atoms with van der Waals surface area (Å²) in [6.07, 6.45) is -0.363. The lowest BCUT2D eigenvalue weighted by Gasteiger charge is -2.33. The number of benzene rings is 1. The maximum absolute atomic E-state index is 12.6. The van der Waals surface area contributed by atoms with Gasteiger partial charge < -0.3 is 9.64 Å². The third kappa shape index (κ3) is 2.11. The minimum Gasteiger partial charge on any atom is -0.356 e. The summed E-state index contributed by atoms with van der Waals surface area (Å²) >= 11 is 0. The molecule has 3 rings (SSSR count). The van der Waals surface area contributed by atoms with Gasteiger partial charge in [0.1, 0.15) is 12.8 Å². The Morgan fingerprint density at radius 2 is 1.77 bits per heavy atom. The Morgan fingerprint density at radius 3 is 2.23 bits per heavy atom. The molecular weight excluding hydrogens is 284 g/mol. The lowest BCUT2D eigenvalue weighted by atomic mass is 10.1. The Balaban J connectivity index is 1.82. The van der Waals surface area contributed by atoms with Gasteiger partial charge in [-0.1, -0.05) is 12.1 Å². The van der Waals surface area contributed by atoms with Crippen LogP contribution in [0.5, 0.6) is 0 Å². The molecule has 0 bridgehead atoms. The molecule has 1 saturated heterocycles. The normalized spacial score (nSPS) is 23.1. The van der Waals surface area contributed by atoms with Gasteiger partial charge in [0.2, 0.25) is 5.91 Å². The molecule has 0 N–H and O–H groups in total. The SMILES string of the molecule is CC1OCC(C)(C)N1C(=O)CN1C(=O)c2ccccc2C1=O. The van der Waals surface area contributed by atoms with E-state index in [1.54, 1.807) is 36.1 Å². The number of hydrogen-bond donors (Lipinski definition) is 0. The molecule has 3 amide bonds. The summed E-state index contributed by atoms with van der Waals surface area (Å²) in [4.78, 5) is 39.8. The molecule has 6 nitrogen and oxygen atoms in total. The van der Waals surface area contributed by atoms with Crippen molar-refractivity contribution in [3.05, 3.63) is 35.4 Å². The van der Waals surface area contributed by atoms with Crippen molar-refractivity contribution in [1.82, 2.24) is 9.80 Å². The molecule has 22 heavy (non-hydrogen) atoms. The number of rotatable bonds is 2. The van der Waals surface area contributed by atoms with Gasteiger partial charge in [-0.3, -0.25) is 19.3 Å². The van der Waals surface area contributed by atoms with Crippen LogP contribution >= 0.6 is 0 Å². The molecule has 0 spiro atoms. The first-order valence-corrected chi connectivity index (χ1v) is 7.22. The monoisotopic (exact) mass is 302 g/mol. The van der Waals surface area contributed by atoms with Crippen LogP contribution in [0.4, 0.5) is 0 Å². The van der Waals surface area contributed by atoms with Gasteiger partial charge in [-0.05, 0) is 32.9 Å². The Morgan fingerprint density at radius 1 is 1.23 bits per heavy atom. The molecule has 1 aromatic rings. The quantitative estimate of drug-likeness (QED) is 0.772. The van der Waals surface area contributed by atoms with E-state index in [0.717, 1.165) is 4.90 Å². The first-order valence-electron chi connectivity index (χ1n) is 7.22. The predicted octanol–water partition coefficient (Wildman–Crippen LogP) is 1.27. The summed E-state index contributed by atoms with van der Waals surface area (Å²) < 4.78 is 5.50. The first-order chi connectivity index (χ1) is 10.3. The summed E-state index contributed by atoms with van der Waals surface area (Å²) in [6, 6.07) is 6.61. The van der Waals surface area contributed by atoms with E-state index in [-0.39, 0.29) is 18.7 Å². The second-order valence-electron chi connectivity index (χ2n) is 6.23. The fraction of sp³-hybridized carbons (Fsp3) is 0.438. The van der Waals surface area contributed by atoms with Gasteiger partial charge in [0.05, 0.1) is 23.3 Å². The van der Waals surface area contributed by atoms with Gasteiger partial charge in [0.15, 0.2) is 0 Å². The third-order valence-electron chi connectivity index (χ3n) is 4.13. The molecule has 0 saturated carbocycles. The molecule has 1 unspecified atom stereocenters. The maximum atomic E-state index is 12.6. The first kappa shape index (κ1) is 14.7. The summed E-state index contributed by atoms with van der Waals surface area (Å²) in [5, 5.41) is 0. The fourth-order valence-electron chi connectivity index (χ4n) is 3.10. The smallest absolute Gasteiger partial charge is 0.262 e. The Labute approximate surface area is 128 Å². The van der Waals surface area contributed by atoms with Crippen molar-refractivity contribution in [2.24, 2.45) is 0 Å². The largest absolute Gasteiger partial charge is 0.356 e. The molecular formula is C16H18N2O4. The zero-order valence-electron chi connectivity index (χ0n) is 12.8. The van der Waals surface area contributed by atoms with Gasteiger partial charge in [-0.25, -0.2) is 0 Å². The topological polar surface area (TPSA) is 66.9 Å². The lowest BCUT2D eigenvalue weighted by molar-refractivity contribution is -0.139. The summed E-state index contributed by atoms with van der Waals surface area (Å²) in [5.41, 5.74) is 0.255. The van der Waals surface area contributed by atoms with E-state index >= 15 is 0 Å². The molecule has 2 heterocycles. The molecule has 1 fully saturated rings. The highest BCUT2D eigenvalue weighted by Gasteiger charge is 2.44. The van der Waals surface area contributed by atoms with Crippen LogP contribution in [-0.2, 0) is 9.53 Å². The van der Waals surface area contributed by atoms with Crippen LogP contribution in [0.15, 0.2) is 24.3 Å². The van der Waals surface area contributed by atoms with E-state index in [0.29, 0.717) is 17.7 Å². The number of fused-ring (bicyclic) bond motifs is 1. The molecule has 116 valence electrons. The molecule has 0 radical (unpaired) electrons. The molecule has 6 heteroatoms. The summed E-state index contributed by atoms with van der Waals surface area (Å²) in [5.74, 6) is -1.12. The average Bonchev–Trinajstić information content (AvgIpc) is 2.88. The second kappa shape index (κ2) is 4.91. The summed E-state index contributed by atoms with van der Waals surface area (Å²) in [6.45, 7) is 5.76. The minimum absolute atomic E-state index is 0.260. The van der Waals surface area contributed by atoms with Gasteiger partial charge in [0, 0.05) is 0 Å². The van der Waals surface area contributed by atoms with Crippen molar-refractivity contribution >= 4 is 17.7 Å². The predicted molar refractivity (Wildman–Crippen MR) is 78.1 cm³/mol. The highest BCUT2D eigenvalue weighted by molar-refractivity contribution is 6.22. The van der Waals surface area contributed by atoms with Gasteiger partial charge in [0.25, 0.3) is 11.8 Å². The third-order valence-corrected chi connectivity index (χ3v) is 4.13. The van der Waals surface area contributed by atoms with E-state index in [2.05, 4.69) is 0 Å². The number of imide groups is 1. The number of nitrogens with zero attached hydrogens (tertiary/aromatic N) is 2. The van der Waals surface area contributed by atoms with Crippen LogP contribution in [0.25, 0.3) is 0 Å². The highest BCUT2D eigenvalue weighted by Crippen LogP contribution is 2.28. The van der Waals surface area contributed by atoms with E-state index in [1.165, 1.54) is 0 Å². The zero-order chi connectivity index (χ0) is 16.1. The molecule has 0 aliphatic carbocycles. The van der Waals surface area contributed by atoms with Crippen LogP contribution in [0.1, 0.15) is 41.5 Å². The molecule has 1 aromatic carbocycles. The van der Waals surface area contributed by atoms with Crippen LogP contribution in [0.2, 0.25) is 0 Å². The van der Waals surface area contributed by atoms with E-state index in [1.807, 2.05) is 13.8 Å². The number of ether oxygens (including phenoxy) is 1. The fourth-order valence-corrected chi connectivity index (χ4v) is 3.10. The highest BCUT2D eigenvalue weighted by atomic mass is 16.5. The molecule has 2 aliphatic heterocycles. The van der Waals surface area contributed by atoms with Crippen LogP contribution < -0.4 is 0 Å². The molecule has 2 aliphatic rings. The average molecular weight is 302 g/mol. The van der Waals surface area contributed by atoms with Gasteiger partial charge in [-0.15, -0.1) is 0 Å². The Kier molecular flexibility index (Phi) is 3.29. The van der Waals surface area contributed by atoms with Gasteiger partial charge >= 0.3 is 0 Å². The molecule has 0 aromatic heterocycles. The van der Waals surface area contributed by atoms with Crippen molar-refractivity contribution in [3.63, 3.8) is 0 Å². The van der Waals surface area contributed by atoms with Crippen molar-refractivity contribution in [3.8, 4) is 0 Å². The van der Waals surface area contributed by atoms with E-state index in [4.69, 9.17) is 4.74 Å². The summed E-state index contributed by atoms with van der Waals surface area (Å²) in [7, 11) is 0. The molecule has 1 atom stereocenters. The van der Waals surface area contributed by atoms with Crippen molar-refractivity contribution < 1.29 is 19.1 Å². The number of carbonyl (C=O) groups excluding carboxylic acids is 3. The Hall–Kier alpha value is -2.21. The number of hydrogen-bond acceptors (Lipinski definition) is 4. The van der Waals surface area contributed by atoms with Gasteiger partial charge in [-0.2, -0.15) is 0 Å². The number of carbonyl (C=O) groups is 3. The minimum atomic E-state index is -0.449. The number of amides is 3. The van der Waals surface area contributed by atoms with Crippen LogP contribution in [0, 0.1) is 0 Å². The maximum Gasteiger partial charge on any atom is 0.262 e. The van der Waals surface area contributed by atoms with E-state index < -0.39 is 17.4 Å².